The SMILES string of the molecule is CC(C)C[C@@H]1NC(=O)[C@@H](Cc2ccccc2)NC(=O)[C@H](CCNC(=O)OC(C)(C)C)NC(=O)[C@@H](NC(=O)[C@H](CNC(=O)OC(C)(C)C)NC(=O)[C@@H](N)C(C)O)CCNC(=O)[C@H](C(C)O)NC(=O)[C@H](CCNC(=O)OC(C)(C)C)NC(=O)[C@H](CCNC(=O)OC(C)(C)C)NC1=O. The molecule has 2 rings (SSSR count). The second-order valence-electron chi connectivity index (χ2n) is 27.4. The third-order valence-electron chi connectivity index (χ3n) is 13.2. The van der Waals surface area contributed by atoms with E-state index in [2.05, 4.69) is 69.1 Å². The summed E-state index contributed by atoms with van der Waals surface area (Å²) in [6.07, 6.45) is -9.08. The fraction of sp³-hybridized carbons (Fsp3) is 0.694. The largest absolute Gasteiger partial charge is 0.444 e. The first kappa shape index (κ1) is 82.5. The van der Waals surface area contributed by atoms with Gasteiger partial charge < -0.3 is 104 Å². The van der Waals surface area contributed by atoms with Crippen LogP contribution in [0.2, 0.25) is 0 Å². The van der Waals surface area contributed by atoms with E-state index >= 15 is 0 Å². The summed E-state index contributed by atoms with van der Waals surface area (Å²) in [5.74, 6) is -10.0. The summed E-state index contributed by atoms with van der Waals surface area (Å²) < 4.78 is 21.4. The Hall–Kier alpha value is -8.59. The fourth-order valence-electron chi connectivity index (χ4n) is 8.67. The Balaban J connectivity index is 3.03. The van der Waals surface area contributed by atoms with Crippen LogP contribution in [0.1, 0.15) is 148 Å². The van der Waals surface area contributed by atoms with Crippen LogP contribution < -0.4 is 74.9 Å². The van der Waals surface area contributed by atoms with Crippen molar-refractivity contribution in [2.45, 2.75) is 238 Å². The summed E-state index contributed by atoms with van der Waals surface area (Å²) in [7, 11) is 0. The predicted octanol–water partition coefficient (Wildman–Crippen LogP) is -0.969. The predicted molar refractivity (Wildman–Crippen MR) is 345 cm³/mol. The van der Waals surface area contributed by atoms with Crippen LogP contribution in [0.15, 0.2) is 30.3 Å². The lowest BCUT2D eigenvalue weighted by Gasteiger charge is -2.29. The molecule has 0 bridgehead atoms. The highest BCUT2D eigenvalue weighted by Crippen LogP contribution is 2.14. The van der Waals surface area contributed by atoms with Crippen LogP contribution in [0, 0.1) is 5.92 Å². The lowest BCUT2D eigenvalue weighted by molar-refractivity contribution is -0.136. The number of alkyl carbamates (subject to hydrolysis) is 4. The van der Waals surface area contributed by atoms with Gasteiger partial charge in [-0.05, 0) is 141 Å². The number of rotatable bonds is 21. The zero-order valence-electron chi connectivity index (χ0n) is 57.5. The Labute approximate surface area is 554 Å². The summed E-state index contributed by atoms with van der Waals surface area (Å²) >= 11 is 0. The van der Waals surface area contributed by atoms with Gasteiger partial charge in [0, 0.05) is 32.6 Å². The molecule has 1 saturated heterocycles. The first-order valence-corrected chi connectivity index (χ1v) is 31.6. The quantitative estimate of drug-likeness (QED) is 0.0659. The number of aliphatic hydroxyl groups excluding tert-OH is 2. The highest BCUT2D eigenvalue weighted by Gasteiger charge is 2.38. The molecule has 0 spiro atoms. The Morgan fingerprint density at radius 3 is 1.31 bits per heavy atom. The van der Waals surface area contributed by atoms with Gasteiger partial charge in [0.1, 0.15) is 76.8 Å². The molecule has 0 radical (unpaired) electrons. The highest BCUT2D eigenvalue weighted by atomic mass is 16.6. The minimum absolute atomic E-state index is 0.0880. The maximum Gasteiger partial charge on any atom is 0.407 e. The molecule has 17 N–H and O–H groups in total. The zero-order chi connectivity index (χ0) is 72.3. The number of carbonyl (C=O) groups excluding carboxylic acids is 13. The second-order valence-corrected chi connectivity index (χ2v) is 27.4. The van der Waals surface area contributed by atoms with Crippen molar-refractivity contribution in [1.82, 2.24) is 69.1 Å². The lowest BCUT2D eigenvalue weighted by Crippen LogP contribution is -2.62. The maximum atomic E-state index is 14.9. The number of hydrogen-bond acceptors (Lipinski definition) is 20. The number of hydrogen-bond donors (Lipinski definition) is 16. The molecular formula is C62H104N14O19. The minimum Gasteiger partial charge on any atom is -0.444 e. The van der Waals surface area contributed by atoms with E-state index in [-0.39, 0.29) is 44.8 Å². The summed E-state index contributed by atoms with van der Waals surface area (Å²) in [4.78, 5) is 182. The molecule has 0 aliphatic carbocycles. The number of carbonyl (C=O) groups is 13. The van der Waals surface area contributed by atoms with E-state index in [1.807, 2.05) is 0 Å². The van der Waals surface area contributed by atoms with Gasteiger partial charge in [-0.1, -0.05) is 44.2 Å². The molecule has 1 aliphatic heterocycles. The van der Waals surface area contributed by atoms with Crippen LogP contribution in [0.4, 0.5) is 19.2 Å². The molecule has 33 nitrogen and oxygen atoms in total. The van der Waals surface area contributed by atoms with Crippen LogP contribution in [-0.4, -0.2) is 209 Å². The topological polar surface area (TPSA) is 482 Å². The molecule has 13 amide bonds. The van der Waals surface area contributed by atoms with Crippen LogP contribution in [0.5, 0.6) is 0 Å². The van der Waals surface area contributed by atoms with Gasteiger partial charge in [-0.25, -0.2) is 19.2 Å². The van der Waals surface area contributed by atoms with E-state index in [0.717, 1.165) is 6.92 Å². The molecule has 95 heavy (non-hydrogen) atoms. The summed E-state index contributed by atoms with van der Waals surface area (Å²) in [5.41, 5.74) is 2.48. The summed E-state index contributed by atoms with van der Waals surface area (Å²) in [6.45, 7) is 22.6. The Kier molecular flexibility index (Phi) is 33.1. The van der Waals surface area contributed by atoms with Gasteiger partial charge in [-0.2, -0.15) is 0 Å². The van der Waals surface area contributed by atoms with Crippen LogP contribution >= 0.6 is 0 Å². The van der Waals surface area contributed by atoms with Crippen LogP contribution in [0.25, 0.3) is 0 Å². The van der Waals surface area contributed by atoms with E-state index in [9.17, 15) is 72.5 Å². The Morgan fingerprint density at radius 2 is 0.895 bits per heavy atom. The van der Waals surface area contributed by atoms with Gasteiger partial charge in [-0.3, -0.25) is 43.2 Å². The number of nitrogens with two attached hydrogens (primary N) is 1. The fourth-order valence-corrected chi connectivity index (χ4v) is 8.67. The second kappa shape index (κ2) is 38.1. The number of amides is 13. The number of aliphatic hydroxyl groups is 2. The normalized spacial score (nSPS) is 21.5. The molecule has 0 saturated carbocycles. The van der Waals surface area contributed by atoms with Crippen molar-refractivity contribution in [2.75, 3.05) is 32.7 Å². The van der Waals surface area contributed by atoms with E-state index in [0.29, 0.717) is 5.56 Å². The van der Waals surface area contributed by atoms with Crippen molar-refractivity contribution < 1.29 is 91.5 Å². The molecular weight excluding hydrogens is 1240 g/mol. The monoisotopic (exact) mass is 1350 g/mol. The molecule has 11 atom stereocenters. The molecule has 33 heteroatoms. The van der Waals surface area contributed by atoms with Gasteiger partial charge in [0.2, 0.25) is 53.2 Å². The van der Waals surface area contributed by atoms with E-state index in [1.165, 1.54) is 6.92 Å². The first-order valence-electron chi connectivity index (χ1n) is 31.6. The van der Waals surface area contributed by atoms with Gasteiger partial charge in [0.15, 0.2) is 0 Å². The molecule has 2 unspecified atom stereocenters. The van der Waals surface area contributed by atoms with Crippen molar-refractivity contribution >= 4 is 77.5 Å². The van der Waals surface area contributed by atoms with Gasteiger partial charge in [-0.15, -0.1) is 0 Å². The number of benzene rings is 1. The van der Waals surface area contributed by atoms with E-state index in [1.54, 1.807) is 127 Å². The molecule has 0 aromatic heterocycles. The standard InChI is InChI=1S/C62H104N14O19/c1-33(2)30-41-50(83)71-38(23-27-65-55(88)92-59(5,6)7)47(80)70-40(25-29-67-57(90)94-61(11,12)13)49(82)76-45(35(4)78)54(87)64-26-22-37(72-52(85)43(75-53(86)44(63)34(3)77)32-68-58(91)95-62(14,15)16)46(79)69-39(24-28-66-56(89)93-60(8,9)10)48(81)74-42(51(84)73-41)31-36-20-18-17-19-21-36/h17-21,33-35,37-45,77-78H,22-32,63H2,1-16H3,(H,64,87)(H,65,88)(H,66,89)(H,67,90)(H,68,91)(H,69,79)(H,70,80)(H,71,83)(H,72,85)(H,73,84)(H,74,81)(H,75,86)(H,76,82)/t34?,35?,37-,38-,39-,40-,41-,42+,43-,44-,45-/m0/s1. The Morgan fingerprint density at radius 1 is 0.516 bits per heavy atom. The highest BCUT2D eigenvalue weighted by molar-refractivity contribution is 5.99. The van der Waals surface area contributed by atoms with Crippen molar-refractivity contribution in [2.24, 2.45) is 11.7 Å². The van der Waals surface area contributed by atoms with E-state index < -0.39 is 199 Å². The molecule has 1 heterocycles. The van der Waals surface area contributed by atoms with Gasteiger partial charge >= 0.3 is 24.4 Å². The third kappa shape index (κ3) is 33.9. The van der Waals surface area contributed by atoms with Gasteiger partial charge in [0.25, 0.3) is 0 Å². The van der Waals surface area contributed by atoms with E-state index in [4.69, 9.17) is 24.7 Å². The molecule has 536 valence electrons. The first-order chi connectivity index (χ1) is 43.8. The molecule has 1 fully saturated rings. The third-order valence-corrected chi connectivity index (χ3v) is 13.2. The van der Waals surface area contributed by atoms with Gasteiger partial charge in [0.05, 0.1) is 18.8 Å². The Bertz CT molecular complexity index is 2780. The summed E-state index contributed by atoms with van der Waals surface area (Å²) in [6, 6.07) is -6.88. The maximum absolute atomic E-state index is 14.9. The van der Waals surface area contributed by atoms with Crippen molar-refractivity contribution in [3.63, 3.8) is 0 Å². The average Bonchev–Trinajstić information content (AvgIpc) is 1.06. The molecule has 1 aromatic carbocycles. The number of ether oxygens (including phenoxy) is 4. The van der Waals surface area contributed by atoms with Crippen molar-refractivity contribution in [3.05, 3.63) is 35.9 Å². The smallest absolute Gasteiger partial charge is 0.407 e. The average molecular weight is 1350 g/mol. The van der Waals surface area contributed by atoms with Crippen molar-refractivity contribution in [1.29, 1.82) is 0 Å². The minimum atomic E-state index is -1.86. The van der Waals surface area contributed by atoms with Crippen LogP contribution in [-0.2, 0) is 68.5 Å². The molecule has 1 aliphatic rings. The molecule has 1 aromatic rings. The lowest BCUT2D eigenvalue weighted by atomic mass is 10.00. The van der Waals surface area contributed by atoms with Crippen molar-refractivity contribution in [3.8, 4) is 0 Å². The summed E-state index contributed by atoms with van der Waals surface area (Å²) in [5, 5.41) is 53.8. The zero-order valence-corrected chi connectivity index (χ0v) is 57.5. The van der Waals surface area contributed by atoms with Crippen LogP contribution in [0.3, 0.4) is 0 Å². The number of nitrogens with one attached hydrogen (secondary N) is 13.